The number of hydrogen-bond acceptors (Lipinski definition) is 6. The number of benzene rings is 1. The molecular weight excluding hydrogens is 330 g/mol. The van der Waals surface area contributed by atoms with Gasteiger partial charge in [0.1, 0.15) is 11.9 Å². The number of ether oxygens (including phenoxy) is 1. The van der Waals surface area contributed by atoms with Crippen LogP contribution in [0.5, 0.6) is 0 Å². The Hall–Kier alpha value is -3.20. The van der Waals surface area contributed by atoms with Crippen molar-refractivity contribution in [1.29, 1.82) is 0 Å². The van der Waals surface area contributed by atoms with Crippen LogP contribution in [0.25, 0.3) is 0 Å². The van der Waals surface area contributed by atoms with Crippen LogP contribution in [0.2, 0.25) is 0 Å². The first kappa shape index (κ1) is 18.1. The molecule has 0 radical (unpaired) electrons. The third-order valence-electron chi connectivity index (χ3n) is 3.48. The van der Waals surface area contributed by atoms with Crippen molar-refractivity contribution < 1.29 is 23.7 Å². The minimum absolute atomic E-state index is 0.0319. The van der Waals surface area contributed by atoms with Gasteiger partial charge in [-0.15, -0.1) is 0 Å². The Morgan fingerprint density at radius 3 is 2.68 bits per heavy atom. The molecule has 2 amide bonds. The van der Waals surface area contributed by atoms with Gasteiger partial charge in [0.25, 0.3) is 5.69 Å². The van der Waals surface area contributed by atoms with Crippen LogP contribution < -0.4 is 10.6 Å². The molecule has 0 aliphatic heterocycles. The first-order chi connectivity index (χ1) is 11.9. The van der Waals surface area contributed by atoms with Crippen molar-refractivity contribution in [3.05, 3.63) is 58.0 Å². The van der Waals surface area contributed by atoms with Gasteiger partial charge in [-0.05, 0) is 24.6 Å². The van der Waals surface area contributed by atoms with Crippen molar-refractivity contribution in [1.82, 2.24) is 5.32 Å². The molecule has 2 aromatic rings. The van der Waals surface area contributed by atoms with E-state index in [2.05, 4.69) is 10.6 Å². The number of amides is 2. The second-order valence-electron chi connectivity index (χ2n) is 5.16. The molecule has 0 aliphatic carbocycles. The third-order valence-corrected chi connectivity index (χ3v) is 3.48. The van der Waals surface area contributed by atoms with Gasteiger partial charge >= 0.3 is 11.8 Å². The maximum atomic E-state index is 12.0. The molecule has 2 N–H and O–H groups in total. The monoisotopic (exact) mass is 347 g/mol. The highest BCUT2D eigenvalue weighted by atomic mass is 16.6. The average Bonchev–Trinajstić information content (AvgIpc) is 3.11. The molecule has 0 fully saturated rings. The number of nitrogens with zero attached hydrogens (tertiary/aromatic N) is 1. The Kier molecular flexibility index (Phi) is 5.85. The average molecular weight is 347 g/mol. The molecular formula is C16H17N3O6. The Bertz CT molecular complexity index is 772. The van der Waals surface area contributed by atoms with E-state index in [0.717, 1.165) is 0 Å². The van der Waals surface area contributed by atoms with E-state index in [1.807, 2.05) is 0 Å². The minimum Gasteiger partial charge on any atom is -0.467 e. The number of furan rings is 1. The Balaban J connectivity index is 1.97. The van der Waals surface area contributed by atoms with E-state index < -0.39 is 22.8 Å². The number of non-ortho nitro benzene ring substituents is 1. The van der Waals surface area contributed by atoms with Crippen LogP contribution in [0.1, 0.15) is 17.4 Å². The summed E-state index contributed by atoms with van der Waals surface area (Å²) in [6.45, 7) is 1.69. The molecule has 0 aliphatic rings. The summed E-state index contributed by atoms with van der Waals surface area (Å²) in [6, 6.07) is 7.37. The van der Waals surface area contributed by atoms with Gasteiger partial charge in [0, 0.05) is 19.2 Å². The van der Waals surface area contributed by atoms with Crippen LogP contribution in [0.15, 0.2) is 41.0 Å². The van der Waals surface area contributed by atoms with Gasteiger partial charge < -0.3 is 19.8 Å². The second-order valence-corrected chi connectivity index (χ2v) is 5.16. The summed E-state index contributed by atoms with van der Waals surface area (Å²) >= 11 is 0. The maximum absolute atomic E-state index is 12.0. The van der Waals surface area contributed by atoms with Crippen LogP contribution in [-0.2, 0) is 14.3 Å². The molecule has 9 nitrogen and oxygen atoms in total. The lowest BCUT2D eigenvalue weighted by molar-refractivity contribution is -0.384. The van der Waals surface area contributed by atoms with E-state index in [0.29, 0.717) is 11.3 Å². The van der Waals surface area contributed by atoms with Gasteiger partial charge in [-0.3, -0.25) is 19.7 Å². The number of nitrogens with one attached hydrogen (secondary N) is 2. The fraction of sp³-hybridized carbons (Fsp3) is 0.250. The molecule has 1 aromatic carbocycles. The number of aryl methyl sites for hydroxylation is 1. The van der Waals surface area contributed by atoms with Gasteiger partial charge in [-0.1, -0.05) is 6.07 Å². The van der Waals surface area contributed by atoms with Crippen molar-refractivity contribution in [2.75, 3.05) is 19.0 Å². The van der Waals surface area contributed by atoms with E-state index in [1.165, 1.54) is 31.6 Å². The normalized spacial score (nSPS) is 11.6. The van der Waals surface area contributed by atoms with Crippen LogP contribution in [0, 0.1) is 17.0 Å². The Morgan fingerprint density at radius 1 is 1.32 bits per heavy atom. The molecule has 25 heavy (non-hydrogen) atoms. The summed E-state index contributed by atoms with van der Waals surface area (Å²) in [4.78, 5) is 34.1. The number of nitro groups is 1. The lowest BCUT2D eigenvalue weighted by Gasteiger charge is -2.14. The number of methoxy groups -OCH3 is 1. The smallest absolute Gasteiger partial charge is 0.313 e. The molecule has 1 aromatic heterocycles. The van der Waals surface area contributed by atoms with Crippen LogP contribution in [0.4, 0.5) is 11.4 Å². The quantitative estimate of drug-likeness (QED) is 0.467. The number of rotatable bonds is 6. The maximum Gasteiger partial charge on any atom is 0.313 e. The van der Waals surface area contributed by atoms with E-state index >= 15 is 0 Å². The molecule has 0 bridgehead atoms. The molecule has 1 unspecified atom stereocenters. The highest BCUT2D eigenvalue weighted by Gasteiger charge is 2.20. The molecule has 0 saturated carbocycles. The lowest BCUT2D eigenvalue weighted by atomic mass is 10.2. The van der Waals surface area contributed by atoms with Crippen molar-refractivity contribution in [3.8, 4) is 0 Å². The second kappa shape index (κ2) is 8.06. The largest absolute Gasteiger partial charge is 0.467 e. The van der Waals surface area contributed by atoms with Crippen molar-refractivity contribution >= 4 is 23.2 Å². The predicted octanol–water partition coefficient (Wildman–Crippen LogP) is 1.94. The first-order valence-corrected chi connectivity index (χ1v) is 7.32. The number of anilines is 1. The minimum atomic E-state index is -0.933. The fourth-order valence-corrected chi connectivity index (χ4v) is 2.08. The Labute approximate surface area is 143 Å². The Morgan fingerprint density at radius 2 is 2.08 bits per heavy atom. The lowest BCUT2D eigenvalue weighted by Crippen LogP contribution is -2.38. The molecule has 9 heteroatoms. The summed E-state index contributed by atoms with van der Waals surface area (Å²) in [6.07, 6.45) is 0.937. The molecule has 1 atom stereocenters. The predicted molar refractivity (Wildman–Crippen MR) is 87.9 cm³/mol. The standard InChI is InChI=1S/C16H17N3O6/c1-10-5-6-11(19(22)23)8-12(10)18-16(21)15(20)17-9-14(24-2)13-4-3-7-25-13/h3-8,14H,9H2,1-2H3,(H,17,20)(H,18,21). The highest BCUT2D eigenvalue weighted by molar-refractivity contribution is 6.39. The molecule has 1 heterocycles. The van der Waals surface area contributed by atoms with Crippen LogP contribution >= 0.6 is 0 Å². The van der Waals surface area contributed by atoms with E-state index in [9.17, 15) is 19.7 Å². The number of hydrogen-bond donors (Lipinski definition) is 2. The van der Waals surface area contributed by atoms with Gasteiger partial charge in [-0.2, -0.15) is 0 Å². The van der Waals surface area contributed by atoms with E-state index in [4.69, 9.17) is 9.15 Å². The number of nitro benzene ring substituents is 1. The molecule has 0 saturated heterocycles. The summed E-state index contributed by atoms with van der Waals surface area (Å²) in [7, 11) is 1.45. The summed E-state index contributed by atoms with van der Waals surface area (Å²) in [5.74, 6) is -1.31. The van der Waals surface area contributed by atoms with Gasteiger partial charge in [0.15, 0.2) is 0 Å². The van der Waals surface area contributed by atoms with Crippen LogP contribution in [0.3, 0.4) is 0 Å². The zero-order valence-electron chi connectivity index (χ0n) is 13.6. The zero-order valence-corrected chi connectivity index (χ0v) is 13.6. The van der Waals surface area contributed by atoms with Crippen molar-refractivity contribution in [3.63, 3.8) is 0 Å². The fourth-order valence-electron chi connectivity index (χ4n) is 2.08. The first-order valence-electron chi connectivity index (χ1n) is 7.32. The topological polar surface area (TPSA) is 124 Å². The van der Waals surface area contributed by atoms with Gasteiger partial charge in [-0.25, -0.2) is 0 Å². The number of carbonyl (C=O) groups is 2. The van der Waals surface area contributed by atoms with E-state index in [1.54, 1.807) is 19.1 Å². The highest BCUT2D eigenvalue weighted by Crippen LogP contribution is 2.21. The third kappa shape index (κ3) is 4.64. The van der Waals surface area contributed by atoms with Gasteiger partial charge in [0.2, 0.25) is 0 Å². The van der Waals surface area contributed by atoms with Crippen molar-refractivity contribution in [2.24, 2.45) is 0 Å². The molecule has 2 rings (SSSR count). The summed E-state index contributed by atoms with van der Waals surface area (Å²) in [5, 5.41) is 15.6. The van der Waals surface area contributed by atoms with Crippen LogP contribution in [-0.4, -0.2) is 30.4 Å². The summed E-state index contributed by atoms with van der Waals surface area (Å²) < 4.78 is 10.4. The summed E-state index contributed by atoms with van der Waals surface area (Å²) in [5.41, 5.74) is 0.611. The van der Waals surface area contributed by atoms with Gasteiger partial charge in [0.05, 0.1) is 23.4 Å². The van der Waals surface area contributed by atoms with E-state index in [-0.39, 0.29) is 17.9 Å². The van der Waals surface area contributed by atoms with Crippen molar-refractivity contribution in [2.45, 2.75) is 13.0 Å². The molecule has 132 valence electrons. The number of carbonyl (C=O) groups excluding carboxylic acids is 2. The zero-order chi connectivity index (χ0) is 18.4. The SMILES string of the molecule is COC(CNC(=O)C(=O)Nc1cc([N+](=O)[O-])ccc1C)c1ccco1. The molecule has 0 spiro atoms.